The van der Waals surface area contributed by atoms with Crippen molar-refractivity contribution in [2.24, 2.45) is 0 Å². The first-order valence-corrected chi connectivity index (χ1v) is 4.25. The molecule has 0 fully saturated rings. The average Bonchev–Trinajstić information content (AvgIpc) is 2.25. The van der Waals surface area contributed by atoms with Gasteiger partial charge in [-0.3, -0.25) is 0 Å². The second-order valence-corrected chi connectivity index (χ2v) is 2.69. The summed E-state index contributed by atoms with van der Waals surface area (Å²) < 4.78 is 4.59. The highest BCUT2D eigenvalue weighted by molar-refractivity contribution is 6.01. The van der Waals surface area contributed by atoms with Crippen LogP contribution in [-0.2, 0) is 4.74 Å². The molecule has 0 bridgehead atoms. The molecule has 0 unspecified atom stereocenters. The van der Waals surface area contributed by atoms with E-state index in [1.54, 1.807) is 0 Å². The van der Waals surface area contributed by atoms with Crippen LogP contribution in [0.5, 0.6) is 0 Å². The minimum absolute atomic E-state index is 0.0778. The third kappa shape index (κ3) is 2.78. The van der Waals surface area contributed by atoms with E-state index in [9.17, 15) is 14.7 Å². The van der Waals surface area contributed by atoms with Gasteiger partial charge in [-0.1, -0.05) is 18.2 Å². The SMILES string of the molecule is O=C([O-])c1ccccc1C(=O)OCCO. The summed E-state index contributed by atoms with van der Waals surface area (Å²) >= 11 is 0. The summed E-state index contributed by atoms with van der Waals surface area (Å²) in [5.41, 5.74) is -0.300. The van der Waals surface area contributed by atoms with Crippen molar-refractivity contribution >= 4 is 11.9 Å². The van der Waals surface area contributed by atoms with Gasteiger partial charge in [0.25, 0.3) is 0 Å². The zero-order valence-corrected chi connectivity index (χ0v) is 7.80. The average molecular weight is 209 g/mol. The quantitative estimate of drug-likeness (QED) is 0.656. The molecule has 5 nitrogen and oxygen atoms in total. The highest BCUT2D eigenvalue weighted by atomic mass is 16.5. The summed E-state index contributed by atoms with van der Waals surface area (Å²) in [4.78, 5) is 21.9. The Bertz CT molecular complexity index is 372. The molecule has 0 aliphatic carbocycles. The zero-order chi connectivity index (χ0) is 11.3. The lowest BCUT2D eigenvalue weighted by Gasteiger charge is -2.08. The molecule has 80 valence electrons. The summed E-state index contributed by atoms with van der Waals surface area (Å²) in [5, 5.41) is 19.1. The fraction of sp³-hybridized carbons (Fsp3) is 0.200. The number of carbonyl (C=O) groups excluding carboxylic acids is 2. The molecule has 1 rings (SSSR count). The van der Waals surface area contributed by atoms with E-state index in [4.69, 9.17) is 5.11 Å². The van der Waals surface area contributed by atoms with E-state index in [1.807, 2.05) is 0 Å². The van der Waals surface area contributed by atoms with Crippen molar-refractivity contribution < 1.29 is 24.5 Å². The molecule has 0 amide bonds. The summed E-state index contributed by atoms with van der Waals surface area (Å²) in [5.74, 6) is -2.23. The number of aliphatic hydroxyl groups excluding tert-OH is 1. The van der Waals surface area contributed by atoms with Crippen molar-refractivity contribution in [3.05, 3.63) is 35.4 Å². The van der Waals surface area contributed by atoms with Crippen molar-refractivity contribution in [1.82, 2.24) is 0 Å². The van der Waals surface area contributed by atoms with E-state index < -0.39 is 11.9 Å². The molecule has 0 aliphatic heterocycles. The standard InChI is InChI=1S/C10H10O5/c11-5-6-15-10(14)8-4-2-1-3-7(8)9(12)13/h1-4,11H,5-6H2,(H,12,13)/p-1. The van der Waals surface area contributed by atoms with Crippen molar-refractivity contribution in [3.8, 4) is 0 Å². The molecule has 5 heteroatoms. The van der Waals surface area contributed by atoms with Gasteiger partial charge in [0.15, 0.2) is 0 Å². The second kappa shape index (κ2) is 5.11. The van der Waals surface area contributed by atoms with Crippen molar-refractivity contribution in [2.45, 2.75) is 0 Å². The van der Waals surface area contributed by atoms with Gasteiger partial charge >= 0.3 is 5.97 Å². The van der Waals surface area contributed by atoms with E-state index in [-0.39, 0.29) is 24.3 Å². The van der Waals surface area contributed by atoms with Crippen LogP contribution in [0.3, 0.4) is 0 Å². The molecule has 0 atom stereocenters. The van der Waals surface area contributed by atoms with E-state index in [0.717, 1.165) is 0 Å². The molecule has 0 aromatic heterocycles. The fourth-order valence-corrected chi connectivity index (χ4v) is 1.06. The maximum absolute atomic E-state index is 11.3. The van der Waals surface area contributed by atoms with Crippen LogP contribution in [-0.4, -0.2) is 30.3 Å². The summed E-state index contributed by atoms with van der Waals surface area (Å²) in [7, 11) is 0. The number of rotatable bonds is 4. The molecule has 0 radical (unpaired) electrons. The number of benzene rings is 1. The maximum Gasteiger partial charge on any atom is 0.338 e. The van der Waals surface area contributed by atoms with Crippen molar-refractivity contribution in [3.63, 3.8) is 0 Å². The molecule has 1 N–H and O–H groups in total. The van der Waals surface area contributed by atoms with Gasteiger partial charge in [-0.25, -0.2) is 4.79 Å². The molecule has 0 saturated heterocycles. The monoisotopic (exact) mass is 209 g/mol. The Morgan fingerprint density at radius 2 is 1.87 bits per heavy atom. The highest BCUT2D eigenvalue weighted by Gasteiger charge is 2.12. The van der Waals surface area contributed by atoms with E-state index in [2.05, 4.69) is 4.74 Å². The van der Waals surface area contributed by atoms with Crippen LogP contribution in [0.4, 0.5) is 0 Å². The smallest absolute Gasteiger partial charge is 0.338 e. The predicted octanol–water partition coefficient (Wildman–Crippen LogP) is -0.801. The molecule has 0 heterocycles. The van der Waals surface area contributed by atoms with Crippen LogP contribution in [0, 0.1) is 0 Å². The molecule has 15 heavy (non-hydrogen) atoms. The Morgan fingerprint density at radius 3 is 2.40 bits per heavy atom. The normalized spacial score (nSPS) is 9.67. The number of carbonyl (C=O) groups is 2. The molecular formula is C10H9O5-. The van der Waals surface area contributed by atoms with Crippen molar-refractivity contribution in [2.75, 3.05) is 13.2 Å². The largest absolute Gasteiger partial charge is 0.545 e. The Balaban J connectivity index is 2.92. The van der Waals surface area contributed by atoms with Crippen LogP contribution in [0.25, 0.3) is 0 Å². The maximum atomic E-state index is 11.3. The Labute approximate surface area is 85.9 Å². The molecule has 1 aromatic rings. The van der Waals surface area contributed by atoms with Crippen LogP contribution in [0.2, 0.25) is 0 Å². The molecule has 0 aliphatic rings. The third-order valence-corrected chi connectivity index (χ3v) is 1.69. The number of hydrogen-bond donors (Lipinski definition) is 1. The topological polar surface area (TPSA) is 86.7 Å². The lowest BCUT2D eigenvalue weighted by atomic mass is 10.1. The minimum atomic E-state index is -1.44. The lowest BCUT2D eigenvalue weighted by molar-refractivity contribution is -0.255. The molecule has 0 spiro atoms. The van der Waals surface area contributed by atoms with Crippen LogP contribution >= 0.6 is 0 Å². The van der Waals surface area contributed by atoms with Gasteiger partial charge in [-0.15, -0.1) is 0 Å². The number of aromatic carboxylic acids is 1. The number of carboxylic acid groups (broad SMARTS) is 1. The zero-order valence-electron chi connectivity index (χ0n) is 7.80. The molecule has 1 aromatic carbocycles. The van der Waals surface area contributed by atoms with Crippen LogP contribution < -0.4 is 5.11 Å². The number of aliphatic hydroxyl groups is 1. The predicted molar refractivity (Wildman–Crippen MR) is 48.1 cm³/mol. The van der Waals surface area contributed by atoms with Gasteiger partial charge in [-0.2, -0.15) is 0 Å². The summed E-state index contributed by atoms with van der Waals surface area (Å²) in [6.45, 7) is -0.473. The Hall–Kier alpha value is -1.88. The van der Waals surface area contributed by atoms with Crippen molar-refractivity contribution in [1.29, 1.82) is 0 Å². The van der Waals surface area contributed by atoms with E-state index >= 15 is 0 Å². The van der Waals surface area contributed by atoms with Crippen LogP contribution in [0.1, 0.15) is 20.7 Å². The Morgan fingerprint density at radius 1 is 1.27 bits per heavy atom. The first-order chi connectivity index (χ1) is 7.16. The first kappa shape index (κ1) is 11.2. The fourth-order valence-electron chi connectivity index (χ4n) is 1.06. The summed E-state index contributed by atoms with van der Waals surface area (Å²) in [6, 6.07) is 5.58. The second-order valence-electron chi connectivity index (χ2n) is 2.69. The van der Waals surface area contributed by atoms with Crippen LogP contribution in [0.15, 0.2) is 24.3 Å². The Kier molecular flexibility index (Phi) is 3.82. The lowest BCUT2D eigenvalue weighted by Crippen LogP contribution is -2.25. The van der Waals surface area contributed by atoms with Gasteiger partial charge in [-0.05, 0) is 6.07 Å². The van der Waals surface area contributed by atoms with Gasteiger partial charge in [0.05, 0.1) is 18.1 Å². The molecular weight excluding hydrogens is 200 g/mol. The van der Waals surface area contributed by atoms with Gasteiger partial charge in [0.2, 0.25) is 0 Å². The van der Waals surface area contributed by atoms with Gasteiger partial charge in [0.1, 0.15) is 6.61 Å². The first-order valence-electron chi connectivity index (χ1n) is 4.25. The van der Waals surface area contributed by atoms with E-state index in [1.165, 1.54) is 24.3 Å². The number of carboxylic acids is 1. The number of hydrogen-bond acceptors (Lipinski definition) is 5. The third-order valence-electron chi connectivity index (χ3n) is 1.69. The minimum Gasteiger partial charge on any atom is -0.545 e. The van der Waals surface area contributed by atoms with Gasteiger partial charge in [0, 0.05) is 5.56 Å². The molecule has 0 saturated carbocycles. The number of esters is 1. The number of ether oxygens (including phenoxy) is 1. The summed E-state index contributed by atoms with van der Waals surface area (Å²) in [6.07, 6.45) is 0. The highest BCUT2D eigenvalue weighted by Crippen LogP contribution is 2.09. The van der Waals surface area contributed by atoms with Gasteiger partial charge < -0.3 is 19.7 Å². The van der Waals surface area contributed by atoms with E-state index in [0.29, 0.717) is 0 Å².